The number of nitrogens with one attached hydrogen (secondary N) is 1. The number of hydrogen-bond acceptors (Lipinski definition) is 6. The smallest absolute Gasteiger partial charge is 0.224 e. The van der Waals surface area contributed by atoms with Crippen molar-refractivity contribution in [2.75, 3.05) is 6.61 Å². The Kier molecular flexibility index (Phi) is 7.18. The van der Waals surface area contributed by atoms with E-state index < -0.39 is 6.10 Å². The molecule has 1 aromatic carbocycles. The summed E-state index contributed by atoms with van der Waals surface area (Å²) in [6.07, 6.45) is 6.91. The number of hydrogen-bond donors (Lipinski definition) is 2. The van der Waals surface area contributed by atoms with Crippen LogP contribution in [0.4, 0.5) is 4.39 Å². The number of aliphatic hydroxyl groups is 1. The summed E-state index contributed by atoms with van der Waals surface area (Å²) in [5, 5.41) is 20.9. The minimum atomic E-state index is -0.458. The van der Waals surface area contributed by atoms with Gasteiger partial charge in [0.25, 0.3) is 0 Å². The molecule has 0 saturated carbocycles. The van der Waals surface area contributed by atoms with Crippen molar-refractivity contribution in [2.24, 2.45) is 0 Å². The number of carbonyl (C=O) groups is 1. The molecule has 168 valence electrons. The first kappa shape index (κ1) is 22.0. The van der Waals surface area contributed by atoms with Crippen molar-refractivity contribution in [1.82, 2.24) is 25.3 Å². The molecule has 0 unspecified atom stereocenters. The highest BCUT2D eigenvalue weighted by Crippen LogP contribution is 2.23. The molecule has 0 radical (unpaired) electrons. The third-order valence-corrected chi connectivity index (χ3v) is 5.62. The quantitative estimate of drug-likeness (QED) is 0.558. The first-order chi connectivity index (χ1) is 15.6. The number of amides is 1. The van der Waals surface area contributed by atoms with Gasteiger partial charge in [0.2, 0.25) is 5.91 Å². The number of aryl methyl sites for hydroxylation is 1. The lowest BCUT2D eigenvalue weighted by Gasteiger charge is -2.36. The Bertz CT molecular complexity index is 1030. The molecular formula is C23H26FN5O3. The molecule has 1 amide bonds. The van der Waals surface area contributed by atoms with Crippen molar-refractivity contribution in [1.29, 1.82) is 0 Å². The van der Waals surface area contributed by atoms with Crippen molar-refractivity contribution in [3.05, 3.63) is 66.4 Å². The number of benzene rings is 1. The lowest BCUT2D eigenvalue weighted by molar-refractivity contribution is -0.128. The lowest BCUT2D eigenvalue weighted by Crippen LogP contribution is -2.51. The first-order valence-corrected chi connectivity index (χ1v) is 10.7. The summed E-state index contributed by atoms with van der Waals surface area (Å²) < 4.78 is 21.6. The van der Waals surface area contributed by atoms with Gasteiger partial charge in [-0.3, -0.25) is 14.5 Å². The number of rotatable bonds is 8. The van der Waals surface area contributed by atoms with Gasteiger partial charge in [0.15, 0.2) is 0 Å². The van der Waals surface area contributed by atoms with Crippen LogP contribution in [-0.2, 0) is 22.5 Å². The third kappa shape index (κ3) is 5.54. The van der Waals surface area contributed by atoms with E-state index in [2.05, 4.69) is 20.6 Å². The van der Waals surface area contributed by atoms with E-state index in [0.717, 1.165) is 18.4 Å². The van der Waals surface area contributed by atoms with Crippen LogP contribution in [0.25, 0.3) is 11.3 Å². The van der Waals surface area contributed by atoms with Gasteiger partial charge in [-0.2, -0.15) is 0 Å². The molecule has 0 aliphatic carbocycles. The van der Waals surface area contributed by atoms with Crippen LogP contribution in [0.3, 0.4) is 0 Å². The van der Waals surface area contributed by atoms with Gasteiger partial charge in [-0.25, -0.2) is 4.39 Å². The predicted octanol–water partition coefficient (Wildman–Crippen LogP) is 2.14. The number of carbonyl (C=O) groups excluding carboxylic acids is 1. The molecule has 4 rings (SSSR count). The van der Waals surface area contributed by atoms with Crippen LogP contribution in [0, 0.1) is 5.82 Å². The average molecular weight is 439 g/mol. The zero-order valence-electron chi connectivity index (χ0n) is 17.6. The minimum absolute atomic E-state index is 0.0680. The normalized spacial score (nSPS) is 20.8. The zero-order chi connectivity index (χ0) is 22.3. The highest BCUT2D eigenvalue weighted by molar-refractivity contribution is 5.78. The van der Waals surface area contributed by atoms with Crippen molar-refractivity contribution < 1.29 is 19.0 Å². The van der Waals surface area contributed by atoms with Gasteiger partial charge in [0.1, 0.15) is 17.6 Å². The molecule has 3 atom stereocenters. The Morgan fingerprint density at radius 1 is 1.22 bits per heavy atom. The van der Waals surface area contributed by atoms with Crippen molar-refractivity contribution in [3.63, 3.8) is 0 Å². The Hall–Kier alpha value is -3.17. The molecule has 2 N–H and O–H groups in total. The molecule has 1 aliphatic rings. The molecule has 0 bridgehead atoms. The van der Waals surface area contributed by atoms with E-state index in [1.165, 1.54) is 6.07 Å². The van der Waals surface area contributed by atoms with Gasteiger partial charge in [0.05, 0.1) is 31.4 Å². The van der Waals surface area contributed by atoms with Gasteiger partial charge in [0, 0.05) is 24.5 Å². The Balaban J connectivity index is 1.27. The molecule has 1 fully saturated rings. The number of aliphatic hydroxyl groups excluding tert-OH is 1. The van der Waals surface area contributed by atoms with Gasteiger partial charge in [-0.05, 0) is 49.1 Å². The van der Waals surface area contributed by atoms with Crippen molar-refractivity contribution >= 4 is 5.91 Å². The summed E-state index contributed by atoms with van der Waals surface area (Å²) in [7, 11) is 0. The van der Waals surface area contributed by atoms with Crippen LogP contribution in [0.1, 0.15) is 24.8 Å². The minimum Gasteiger partial charge on any atom is -0.394 e. The second-order valence-corrected chi connectivity index (χ2v) is 7.90. The van der Waals surface area contributed by atoms with Gasteiger partial charge < -0.3 is 15.2 Å². The van der Waals surface area contributed by atoms with E-state index in [-0.39, 0.29) is 36.9 Å². The van der Waals surface area contributed by atoms with Gasteiger partial charge in [-0.15, -0.1) is 5.10 Å². The number of pyridine rings is 1. The lowest BCUT2D eigenvalue weighted by atomic mass is 9.96. The van der Waals surface area contributed by atoms with E-state index in [4.69, 9.17) is 4.74 Å². The predicted molar refractivity (Wildman–Crippen MR) is 115 cm³/mol. The van der Waals surface area contributed by atoms with E-state index in [1.807, 2.05) is 0 Å². The number of ether oxygens (including phenoxy) is 1. The van der Waals surface area contributed by atoms with Crippen molar-refractivity contribution in [3.8, 4) is 11.3 Å². The maximum atomic E-state index is 13.9. The Morgan fingerprint density at radius 2 is 2.03 bits per heavy atom. The Morgan fingerprint density at radius 3 is 2.81 bits per heavy atom. The van der Waals surface area contributed by atoms with Crippen LogP contribution >= 0.6 is 0 Å². The molecule has 0 spiro atoms. The molecule has 1 aliphatic heterocycles. The summed E-state index contributed by atoms with van der Waals surface area (Å²) in [6, 6.07) is 9.83. The zero-order valence-corrected chi connectivity index (χ0v) is 17.6. The number of aromatic nitrogens is 4. The summed E-state index contributed by atoms with van der Waals surface area (Å²) in [4.78, 5) is 16.3. The van der Waals surface area contributed by atoms with Gasteiger partial charge in [-0.1, -0.05) is 17.3 Å². The molecule has 3 heterocycles. The second kappa shape index (κ2) is 10.4. The number of halogens is 1. The van der Waals surface area contributed by atoms with Crippen LogP contribution in [-0.4, -0.2) is 55.8 Å². The van der Waals surface area contributed by atoms with Gasteiger partial charge >= 0.3 is 0 Å². The molecule has 1 saturated heterocycles. The summed E-state index contributed by atoms with van der Waals surface area (Å²) in [5.41, 5.74) is 1.78. The number of nitrogens with zero attached hydrogens (tertiary/aromatic N) is 4. The molecular weight excluding hydrogens is 413 g/mol. The van der Waals surface area contributed by atoms with E-state index >= 15 is 0 Å². The maximum absolute atomic E-state index is 13.9. The second-order valence-electron chi connectivity index (χ2n) is 7.90. The highest BCUT2D eigenvalue weighted by atomic mass is 19.1. The molecule has 9 heteroatoms. The summed E-state index contributed by atoms with van der Waals surface area (Å²) in [6.45, 7) is 0.390. The van der Waals surface area contributed by atoms with Crippen LogP contribution in [0.15, 0.2) is 55.0 Å². The fourth-order valence-electron chi connectivity index (χ4n) is 3.93. The third-order valence-electron chi connectivity index (χ3n) is 5.62. The maximum Gasteiger partial charge on any atom is 0.224 e. The standard InChI is InChI=1S/C23H26FN5O3/c24-19-4-2-1-3-18(19)21-14-29(28-27-21)12-9-17-5-6-20(22(15-30)32-17)26-23(31)13-16-7-10-25-11-8-16/h1-4,7-8,10-11,14,17,20,22,30H,5-6,9,12-13,15H2,(H,26,31)/t17-,20+,22+/m0/s1. The van der Waals surface area contributed by atoms with Crippen LogP contribution in [0.2, 0.25) is 0 Å². The largest absolute Gasteiger partial charge is 0.394 e. The SMILES string of the molecule is O=C(Cc1ccncc1)N[C@@H]1CC[C@@H](CCn2cc(-c3ccccc3F)nn2)O[C@@H]1CO. The highest BCUT2D eigenvalue weighted by Gasteiger charge is 2.31. The summed E-state index contributed by atoms with van der Waals surface area (Å²) in [5.74, 6) is -0.442. The van der Waals surface area contributed by atoms with Crippen molar-refractivity contribution in [2.45, 2.75) is 50.5 Å². The molecule has 32 heavy (non-hydrogen) atoms. The molecule has 2 aromatic heterocycles. The van der Waals surface area contributed by atoms with Crippen LogP contribution in [0.5, 0.6) is 0 Å². The fourth-order valence-corrected chi connectivity index (χ4v) is 3.93. The summed E-state index contributed by atoms with van der Waals surface area (Å²) >= 11 is 0. The van der Waals surface area contributed by atoms with Crippen LogP contribution < -0.4 is 5.32 Å². The van der Waals surface area contributed by atoms with E-state index in [9.17, 15) is 14.3 Å². The van der Waals surface area contributed by atoms with E-state index in [1.54, 1.807) is 53.6 Å². The fraction of sp³-hybridized carbons (Fsp3) is 0.391. The first-order valence-electron chi connectivity index (χ1n) is 10.7. The molecule has 3 aromatic rings. The monoisotopic (exact) mass is 439 g/mol. The van der Waals surface area contributed by atoms with E-state index in [0.29, 0.717) is 24.2 Å². The Labute approximate surface area is 185 Å². The topological polar surface area (TPSA) is 102 Å². The molecule has 8 nitrogen and oxygen atoms in total. The average Bonchev–Trinajstić information content (AvgIpc) is 3.28.